The molecule has 2 aromatic rings. The molecular formula is C27H37N3O4S. The quantitative estimate of drug-likeness (QED) is 0.535. The van der Waals surface area contributed by atoms with Gasteiger partial charge in [0, 0.05) is 12.6 Å². The summed E-state index contributed by atoms with van der Waals surface area (Å²) < 4.78 is 26.3. The van der Waals surface area contributed by atoms with Crippen LogP contribution >= 0.6 is 0 Å². The van der Waals surface area contributed by atoms with Gasteiger partial charge in [-0.1, -0.05) is 68.7 Å². The van der Waals surface area contributed by atoms with Crippen LogP contribution in [0.1, 0.15) is 56.6 Å². The van der Waals surface area contributed by atoms with Crippen molar-refractivity contribution >= 4 is 27.5 Å². The lowest BCUT2D eigenvalue weighted by Crippen LogP contribution is -2.54. The standard InChI is InChI=1S/C27H37N3O4S/c1-4-25(27(32)28-23-15-7-5-8-16-23)29(19-22-14-12-11-13-21(22)2)26(31)20-30(35(3,33)34)24-17-9-6-10-18-24/h6,9-14,17-18,23,25H,4-5,7-8,15-16,19-20H2,1-3H3,(H,28,32). The minimum absolute atomic E-state index is 0.123. The minimum Gasteiger partial charge on any atom is -0.352 e. The Kier molecular flexibility index (Phi) is 9.32. The lowest BCUT2D eigenvalue weighted by molar-refractivity contribution is -0.140. The summed E-state index contributed by atoms with van der Waals surface area (Å²) in [6.45, 7) is 3.71. The highest BCUT2D eigenvalue weighted by atomic mass is 32.2. The molecule has 1 aliphatic rings. The molecule has 0 heterocycles. The van der Waals surface area contributed by atoms with Crippen molar-refractivity contribution in [2.75, 3.05) is 17.1 Å². The molecular weight excluding hydrogens is 462 g/mol. The van der Waals surface area contributed by atoms with Gasteiger partial charge >= 0.3 is 0 Å². The summed E-state index contributed by atoms with van der Waals surface area (Å²) in [5.41, 5.74) is 2.35. The highest BCUT2D eigenvalue weighted by Crippen LogP contribution is 2.21. The zero-order valence-corrected chi connectivity index (χ0v) is 21.8. The van der Waals surface area contributed by atoms with Gasteiger partial charge in [-0.25, -0.2) is 8.42 Å². The van der Waals surface area contributed by atoms with Crippen molar-refractivity contribution < 1.29 is 18.0 Å². The number of sulfonamides is 1. The van der Waals surface area contributed by atoms with E-state index in [9.17, 15) is 18.0 Å². The number of rotatable bonds is 10. The number of nitrogens with one attached hydrogen (secondary N) is 1. The predicted molar refractivity (Wildman–Crippen MR) is 139 cm³/mol. The van der Waals surface area contributed by atoms with E-state index in [4.69, 9.17) is 0 Å². The molecule has 1 unspecified atom stereocenters. The number of benzene rings is 2. The van der Waals surface area contributed by atoms with Crippen LogP contribution in [0.5, 0.6) is 0 Å². The van der Waals surface area contributed by atoms with Crippen molar-refractivity contribution in [3.8, 4) is 0 Å². The van der Waals surface area contributed by atoms with Crippen molar-refractivity contribution in [1.82, 2.24) is 10.2 Å². The van der Waals surface area contributed by atoms with Crippen LogP contribution in [0.2, 0.25) is 0 Å². The summed E-state index contributed by atoms with van der Waals surface area (Å²) in [5.74, 6) is -0.583. The van der Waals surface area contributed by atoms with Gasteiger partial charge in [0.1, 0.15) is 12.6 Å². The summed E-state index contributed by atoms with van der Waals surface area (Å²) in [6, 6.07) is 15.7. The monoisotopic (exact) mass is 499 g/mol. The molecule has 35 heavy (non-hydrogen) atoms. The number of hydrogen-bond acceptors (Lipinski definition) is 4. The SMILES string of the molecule is CCC(C(=O)NC1CCCCC1)N(Cc1ccccc1C)C(=O)CN(c1ccccc1)S(C)(=O)=O. The van der Waals surface area contributed by atoms with Crippen LogP contribution in [0.25, 0.3) is 0 Å². The Morgan fingerprint density at radius 3 is 2.23 bits per heavy atom. The molecule has 0 aliphatic heterocycles. The summed E-state index contributed by atoms with van der Waals surface area (Å²) in [5, 5.41) is 3.16. The van der Waals surface area contributed by atoms with Crippen LogP contribution in [-0.2, 0) is 26.2 Å². The minimum atomic E-state index is -3.72. The molecule has 2 amide bonds. The van der Waals surface area contributed by atoms with Crippen LogP contribution in [0, 0.1) is 6.92 Å². The maximum absolute atomic E-state index is 13.7. The van der Waals surface area contributed by atoms with Crippen molar-refractivity contribution in [1.29, 1.82) is 0 Å². The van der Waals surface area contributed by atoms with Crippen LogP contribution < -0.4 is 9.62 Å². The van der Waals surface area contributed by atoms with Gasteiger partial charge in [-0.3, -0.25) is 13.9 Å². The van der Waals surface area contributed by atoms with Crippen molar-refractivity contribution in [3.63, 3.8) is 0 Å². The first-order valence-corrected chi connectivity index (χ1v) is 14.2. The fourth-order valence-corrected chi connectivity index (χ4v) is 5.49. The number of hydrogen-bond donors (Lipinski definition) is 1. The molecule has 190 valence electrons. The first kappa shape index (κ1) is 26.7. The molecule has 1 saturated carbocycles. The summed E-state index contributed by atoms with van der Waals surface area (Å²) in [4.78, 5) is 28.6. The first-order chi connectivity index (χ1) is 16.7. The van der Waals surface area contributed by atoms with Gasteiger partial charge in [0.05, 0.1) is 11.9 Å². The number of amides is 2. The average Bonchev–Trinajstić information content (AvgIpc) is 2.84. The summed E-state index contributed by atoms with van der Waals surface area (Å²) in [7, 11) is -3.72. The fourth-order valence-electron chi connectivity index (χ4n) is 4.64. The van der Waals surface area contributed by atoms with Gasteiger partial charge < -0.3 is 10.2 Å². The highest BCUT2D eigenvalue weighted by molar-refractivity contribution is 7.92. The molecule has 1 fully saturated rings. The second-order valence-corrected chi connectivity index (χ2v) is 11.2. The second kappa shape index (κ2) is 12.2. The van der Waals surface area contributed by atoms with E-state index in [1.54, 1.807) is 35.2 Å². The highest BCUT2D eigenvalue weighted by Gasteiger charge is 2.33. The van der Waals surface area contributed by atoms with Gasteiger partial charge in [-0.05, 0) is 49.4 Å². The smallest absolute Gasteiger partial charge is 0.244 e. The van der Waals surface area contributed by atoms with Gasteiger partial charge in [0.25, 0.3) is 0 Å². The summed E-state index contributed by atoms with van der Waals surface area (Å²) in [6.07, 6.45) is 6.78. The van der Waals surface area contributed by atoms with E-state index in [0.29, 0.717) is 12.1 Å². The van der Waals surface area contributed by atoms with Crippen LogP contribution in [0.15, 0.2) is 54.6 Å². The third-order valence-electron chi connectivity index (χ3n) is 6.66. The molecule has 3 rings (SSSR count). The molecule has 0 radical (unpaired) electrons. The molecule has 2 aromatic carbocycles. The predicted octanol–water partition coefficient (Wildman–Crippen LogP) is 4.02. The molecule has 8 heteroatoms. The largest absolute Gasteiger partial charge is 0.352 e. The molecule has 7 nitrogen and oxygen atoms in total. The topological polar surface area (TPSA) is 86.8 Å². The maximum Gasteiger partial charge on any atom is 0.244 e. The lowest BCUT2D eigenvalue weighted by atomic mass is 9.95. The average molecular weight is 500 g/mol. The second-order valence-electron chi connectivity index (χ2n) is 9.32. The zero-order valence-electron chi connectivity index (χ0n) is 20.9. The fraction of sp³-hybridized carbons (Fsp3) is 0.481. The van der Waals surface area contributed by atoms with Gasteiger partial charge in [0.15, 0.2) is 0 Å². The van der Waals surface area contributed by atoms with E-state index in [1.807, 2.05) is 38.1 Å². The first-order valence-electron chi connectivity index (χ1n) is 12.4. The Hall–Kier alpha value is -2.87. The number of anilines is 1. The number of para-hydroxylation sites is 1. The molecule has 0 aromatic heterocycles. The Labute approximate surface area is 209 Å². The Bertz CT molecular complexity index is 1100. The van der Waals surface area contributed by atoms with E-state index < -0.39 is 22.0 Å². The van der Waals surface area contributed by atoms with E-state index in [0.717, 1.165) is 47.4 Å². The van der Waals surface area contributed by atoms with Crippen molar-refractivity contribution in [3.05, 3.63) is 65.7 Å². The van der Waals surface area contributed by atoms with Crippen LogP contribution in [-0.4, -0.2) is 50.0 Å². The third-order valence-corrected chi connectivity index (χ3v) is 7.80. The van der Waals surface area contributed by atoms with E-state index in [1.165, 1.54) is 6.42 Å². The third kappa shape index (κ3) is 7.31. The maximum atomic E-state index is 13.7. The molecule has 1 N–H and O–H groups in total. The Balaban J connectivity index is 1.90. The van der Waals surface area contributed by atoms with Crippen molar-refractivity contribution in [2.45, 2.75) is 71.0 Å². The van der Waals surface area contributed by atoms with Gasteiger partial charge in [0.2, 0.25) is 21.8 Å². The van der Waals surface area contributed by atoms with Gasteiger partial charge in [-0.15, -0.1) is 0 Å². The normalized spacial score (nSPS) is 15.3. The Morgan fingerprint density at radius 1 is 1.00 bits per heavy atom. The molecule has 0 saturated heterocycles. The Morgan fingerprint density at radius 2 is 1.63 bits per heavy atom. The lowest BCUT2D eigenvalue weighted by Gasteiger charge is -2.34. The zero-order chi connectivity index (χ0) is 25.4. The summed E-state index contributed by atoms with van der Waals surface area (Å²) >= 11 is 0. The van der Waals surface area contributed by atoms with E-state index >= 15 is 0 Å². The molecule has 0 bridgehead atoms. The van der Waals surface area contributed by atoms with Crippen molar-refractivity contribution in [2.24, 2.45) is 0 Å². The van der Waals surface area contributed by atoms with E-state index in [2.05, 4.69) is 5.32 Å². The molecule has 0 spiro atoms. The number of aryl methyl sites for hydroxylation is 1. The molecule has 1 aliphatic carbocycles. The number of nitrogens with zero attached hydrogens (tertiary/aromatic N) is 2. The number of carbonyl (C=O) groups is 2. The molecule has 1 atom stereocenters. The van der Waals surface area contributed by atoms with E-state index in [-0.39, 0.29) is 25.0 Å². The van der Waals surface area contributed by atoms with Gasteiger partial charge in [-0.2, -0.15) is 0 Å². The van der Waals surface area contributed by atoms with Crippen LogP contribution in [0.4, 0.5) is 5.69 Å². The van der Waals surface area contributed by atoms with Crippen LogP contribution in [0.3, 0.4) is 0 Å². The number of carbonyl (C=O) groups excluding carboxylic acids is 2.